The van der Waals surface area contributed by atoms with Crippen molar-refractivity contribution in [1.82, 2.24) is 9.88 Å². The van der Waals surface area contributed by atoms with Gasteiger partial charge in [0.1, 0.15) is 11.4 Å². The second kappa shape index (κ2) is 6.56. The predicted molar refractivity (Wildman–Crippen MR) is 98.2 cm³/mol. The lowest BCUT2D eigenvalue weighted by Crippen LogP contribution is -2.35. The number of halogens is 1. The molecule has 0 bridgehead atoms. The Hall–Kier alpha value is -2.54. The van der Waals surface area contributed by atoms with Gasteiger partial charge in [0.2, 0.25) is 5.43 Å². The number of aldehydes is 1. The number of rotatable bonds is 4. The van der Waals surface area contributed by atoms with E-state index in [0.29, 0.717) is 30.2 Å². The molecular weight excluding hydrogens is 351 g/mol. The molecule has 1 saturated carbocycles. The maximum atomic E-state index is 15.1. The van der Waals surface area contributed by atoms with E-state index in [9.17, 15) is 19.5 Å². The first-order valence-corrected chi connectivity index (χ1v) is 9.25. The number of nitrogens with one attached hydrogen (secondary N) is 1. The van der Waals surface area contributed by atoms with E-state index < -0.39 is 22.8 Å². The van der Waals surface area contributed by atoms with Gasteiger partial charge in [0.05, 0.1) is 10.9 Å². The summed E-state index contributed by atoms with van der Waals surface area (Å²) in [6.07, 6.45) is 5.01. The summed E-state index contributed by atoms with van der Waals surface area (Å²) in [5.74, 6) is -2.07. The minimum atomic E-state index is -1.35. The zero-order chi connectivity index (χ0) is 19.3. The quantitative estimate of drug-likeness (QED) is 0.806. The van der Waals surface area contributed by atoms with Crippen molar-refractivity contribution in [2.45, 2.75) is 50.6 Å². The summed E-state index contributed by atoms with van der Waals surface area (Å²) in [5, 5.41) is 12.6. The standard InChI is InChI=1S/C20H21FN2O4/c1-10-6-11(4-5-22-10)17-15(9-24)18-13(7-16(17)21)19(25)14(20(26)27)8-23(18)12-2-3-12/h7-12,22H,2-6H2,1H3,(H,26,27). The molecule has 1 aromatic heterocycles. The first-order valence-electron chi connectivity index (χ1n) is 9.25. The highest BCUT2D eigenvalue weighted by atomic mass is 19.1. The van der Waals surface area contributed by atoms with Crippen molar-refractivity contribution in [3.63, 3.8) is 0 Å². The molecule has 2 unspecified atom stereocenters. The Morgan fingerprint density at radius 1 is 1.37 bits per heavy atom. The van der Waals surface area contributed by atoms with Gasteiger partial charge in [-0.15, -0.1) is 0 Å². The van der Waals surface area contributed by atoms with Gasteiger partial charge in [-0.25, -0.2) is 9.18 Å². The molecule has 6 nitrogen and oxygen atoms in total. The van der Waals surface area contributed by atoms with Gasteiger partial charge < -0.3 is 15.0 Å². The monoisotopic (exact) mass is 372 g/mol. The second-order valence-electron chi connectivity index (χ2n) is 7.59. The number of hydrogen-bond donors (Lipinski definition) is 2. The second-order valence-corrected chi connectivity index (χ2v) is 7.59. The van der Waals surface area contributed by atoms with E-state index in [1.54, 1.807) is 4.57 Å². The van der Waals surface area contributed by atoms with E-state index in [-0.39, 0.29) is 29.0 Å². The van der Waals surface area contributed by atoms with E-state index in [1.165, 1.54) is 6.20 Å². The lowest BCUT2D eigenvalue weighted by Gasteiger charge is -2.30. The molecular formula is C20H21FN2O4. The zero-order valence-corrected chi connectivity index (χ0v) is 15.0. The smallest absolute Gasteiger partial charge is 0.341 e. The summed E-state index contributed by atoms with van der Waals surface area (Å²) in [4.78, 5) is 36.1. The van der Waals surface area contributed by atoms with Crippen molar-refractivity contribution >= 4 is 23.2 Å². The summed E-state index contributed by atoms with van der Waals surface area (Å²) in [7, 11) is 0. The Bertz CT molecular complexity index is 1010. The van der Waals surface area contributed by atoms with Crippen LogP contribution in [0.4, 0.5) is 4.39 Å². The van der Waals surface area contributed by atoms with Gasteiger partial charge in [-0.2, -0.15) is 0 Å². The molecule has 2 heterocycles. The van der Waals surface area contributed by atoms with Gasteiger partial charge in [0.15, 0.2) is 6.29 Å². The number of carboxylic acids is 1. The molecule has 0 radical (unpaired) electrons. The van der Waals surface area contributed by atoms with E-state index >= 15 is 4.39 Å². The fourth-order valence-electron chi connectivity index (χ4n) is 4.25. The number of carboxylic acid groups (broad SMARTS) is 1. The lowest BCUT2D eigenvalue weighted by molar-refractivity contribution is 0.0694. The lowest BCUT2D eigenvalue weighted by atomic mass is 9.83. The van der Waals surface area contributed by atoms with Gasteiger partial charge in [-0.05, 0) is 51.1 Å². The fourth-order valence-corrected chi connectivity index (χ4v) is 4.25. The summed E-state index contributed by atoms with van der Waals surface area (Å²) >= 11 is 0. The van der Waals surface area contributed by atoms with Gasteiger partial charge >= 0.3 is 5.97 Å². The van der Waals surface area contributed by atoms with Crippen LogP contribution >= 0.6 is 0 Å². The molecule has 2 aliphatic rings. The molecule has 142 valence electrons. The van der Waals surface area contributed by atoms with Crippen LogP contribution in [-0.4, -0.2) is 34.5 Å². The van der Waals surface area contributed by atoms with Gasteiger partial charge in [-0.3, -0.25) is 9.59 Å². The molecule has 4 rings (SSSR count). The minimum absolute atomic E-state index is 0.0351. The maximum absolute atomic E-state index is 15.1. The molecule has 1 aliphatic carbocycles. The van der Waals surface area contributed by atoms with Gasteiger partial charge in [-0.1, -0.05) is 0 Å². The number of nitrogens with zero attached hydrogens (tertiary/aromatic N) is 1. The topological polar surface area (TPSA) is 88.4 Å². The Kier molecular flexibility index (Phi) is 4.34. The van der Waals surface area contributed by atoms with Crippen LogP contribution in [0.15, 0.2) is 17.1 Å². The van der Waals surface area contributed by atoms with Crippen molar-refractivity contribution in [2.75, 3.05) is 6.54 Å². The number of hydrogen-bond acceptors (Lipinski definition) is 4. The molecule has 2 N–H and O–H groups in total. The Morgan fingerprint density at radius 2 is 2.11 bits per heavy atom. The third-order valence-electron chi connectivity index (χ3n) is 5.66. The third kappa shape index (κ3) is 2.96. The number of aromatic carboxylic acids is 1. The molecule has 0 amide bonds. The fraction of sp³-hybridized carbons (Fsp3) is 0.450. The molecule has 27 heavy (non-hydrogen) atoms. The largest absolute Gasteiger partial charge is 0.477 e. The van der Waals surface area contributed by atoms with Crippen molar-refractivity contribution in [3.05, 3.63) is 45.0 Å². The SMILES string of the molecule is CC1CC(c2c(F)cc3c(=O)c(C(=O)O)cn(C4CC4)c3c2C=O)CCN1. The number of piperidine rings is 1. The molecule has 7 heteroatoms. The number of carbonyl (C=O) groups excluding carboxylic acids is 1. The molecule has 2 aromatic rings. The summed E-state index contributed by atoms with van der Waals surface area (Å²) in [6, 6.07) is 1.37. The molecule has 2 atom stereocenters. The zero-order valence-electron chi connectivity index (χ0n) is 15.0. The van der Waals surface area contributed by atoms with Crippen LogP contribution in [0.25, 0.3) is 10.9 Å². The van der Waals surface area contributed by atoms with Gasteiger partial charge in [0.25, 0.3) is 0 Å². The highest BCUT2D eigenvalue weighted by Crippen LogP contribution is 2.40. The first-order chi connectivity index (χ1) is 12.9. The van der Waals surface area contributed by atoms with Crippen molar-refractivity contribution < 1.29 is 19.1 Å². The number of aromatic nitrogens is 1. The predicted octanol–water partition coefficient (Wildman–Crippen LogP) is 2.84. The molecule has 2 fully saturated rings. The van der Waals surface area contributed by atoms with Crippen molar-refractivity contribution in [1.29, 1.82) is 0 Å². The van der Waals surface area contributed by atoms with Crippen LogP contribution in [0.2, 0.25) is 0 Å². The number of pyridine rings is 1. The van der Waals surface area contributed by atoms with E-state index in [1.807, 2.05) is 6.92 Å². The van der Waals surface area contributed by atoms with Crippen LogP contribution < -0.4 is 10.7 Å². The molecule has 1 aliphatic heterocycles. The maximum Gasteiger partial charge on any atom is 0.341 e. The van der Waals surface area contributed by atoms with E-state index in [4.69, 9.17) is 0 Å². The summed E-state index contributed by atoms with van der Waals surface area (Å²) in [6.45, 7) is 2.75. The van der Waals surface area contributed by atoms with Gasteiger partial charge in [0, 0.05) is 29.4 Å². The number of fused-ring (bicyclic) bond motifs is 1. The van der Waals surface area contributed by atoms with Crippen LogP contribution in [-0.2, 0) is 0 Å². The normalized spacial score (nSPS) is 22.7. The Labute approximate surface area is 155 Å². The average molecular weight is 372 g/mol. The third-order valence-corrected chi connectivity index (χ3v) is 5.66. The summed E-state index contributed by atoms with van der Waals surface area (Å²) in [5.41, 5.74) is -0.242. The highest BCUT2D eigenvalue weighted by molar-refractivity contribution is 6.00. The van der Waals surface area contributed by atoms with Crippen LogP contribution in [0.5, 0.6) is 0 Å². The molecule has 0 spiro atoms. The highest BCUT2D eigenvalue weighted by Gasteiger charge is 2.32. The Morgan fingerprint density at radius 3 is 2.70 bits per heavy atom. The number of benzene rings is 1. The summed E-state index contributed by atoms with van der Waals surface area (Å²) < 4.78 is 16.8. The van der Waals surface area contributed by atoms with E-state index in [2.05, 4.69) is 5.32 Å². The van der Waals surface area contributed by atoms with Crippen LogP contribution in [0, 0.1) is 5.82 Å². The van der Waals surface area contributed by atoms with Crippen LogP contribution in [0.3, 0.4) is 0 Å². The first kappa shape index (κ1) is 17.9. The minimum Gasteiger partial charge on any atom is -0.477 e. The van der Waals surface area contributed by atoms with E-state index in [0.717, 1.165) is 25.5 Å². The van der Waals surface area contributed by atoms with Crippen molar-refractivity contribution in [3.8, 4) is 0 Å². The van der Waals surface area contributed by atoms with Crippen LogP contribution in [0.1, 0.15) is 70.8 Å². The molecule has 1 aromatic carbocycles. The Balaban J connectivity index is 2.05. The molecule has 1 saturated heterocycles. The van der Waals surface area contributed by atoms with Crippen molar-refractivity contribution in [2.24, 2.45) is 0 Å². The number of carbonyl (C=O) groups is 2. The average Bonchev–Trinajstić information content (AvgIpc) is 3.46.